The van der Waals surface area contributed by atoms with Crippen LogP contribution in [0, 0.1) is 5.82 Å². The number of para-hydroxylation sites is 1. The number of amides is 1. The summed E-state index contributed by atoms with van der Waals surface area (Å²) in [6.07, 6.45) is 0. The molecule has 6 rings (SSSR count). The summed E-state index contributed by atoms with van der Waals surface area (Å²) in [7, 11) is 1.50. The van der Waals surface area contributed by atoms with E-state index in [0.29, 0.717) is 37.9 Å². The Kier molecular flexibility index (Phi) is 7.37. The molecule has 0 bridgehead atoms. The van der Waals surface area contributed by atoms with Gasteiger partial charge in [-0.2, -0.15) is 0 Å². The summed E-state index contributed by atoms with van der Waals surface area (Å²) < 4.78 is 26.6. The van der Waals surface area contributed by atoms with Crippen LogP contribution in [0.3, 0.4) is 0 Å². The van der Waals surface area contributed by atoms with Crippen molar-refractivity contribution in [3.63, 3.8) is 0 Å². The largest absolute Gasteiger partial charge is 0.503 e. The van der Waals surface area contributed by atoms with Crippen molar-refractivity contribution >= 4 is 66.8 Å². The van der Waals surface area contributed by atoms with Crippen LogP contribution < -0.4 is 9.64 Å². The summed E-state index contributed by atoms with van der Waals surface area (Å²) in [6.45, 7) is 0. The van der Waals surface area contributed by atoms with Crippen LogP contribution in [0.25, 0.3) is 11.0 Å². The van der Waals surface area contributed by atoms with Crippen molar-refractivity contribution in [2.75, 3.05) is 12.0 Å². The molecule has 0 radical (unpaired) electrons. The van der Waals surface area contributed by atoms with E-state index in [9.17, 15) is 19.1 Å². The number of methoxy groups -OCH3 is 1. The standard InChI is InChI=1S/C29H19BrFN3O5S2/c1-38-20-8-4-6-16-13-21(39-26(16)20)24(35)22-23(15-9-11-18(30)12-10-15)34(27(37)25(22)36)28-32-33-29(41-28)40-14-17-5-2-3-7-19(17)31/h2-13,23,36H,14H2,1H3. The zero-order valence-corrected chi connectivity index (χ0v) is 24.4. The third kappa shape index (κ3) is 5.03. The highest BCUT2D eigenvalue weighted by molar-refractivity contribution is 9.10. The van der Waals surface area contributed by atoms with Crippen molar-refractivity contribution in [3.8, 4) is 5.75 Å². The molecule has 12 heteroatoms. The Morgan fingerprint density at radius 2 is 1.93 bits per heavy atom. The van der Waals surface area contributed by atoms with Gasteiger partial charge in [-0.25, -0.2) is 4.39 Å². The molecule has 0 saturated carbocycles. The Morgan fingerprint density at radius 1 is 1.15 bits per heavy atom. The van der Waals surface area contributed by atoms with E-state index in [4.69, 9.17) is 9.15 Å². The smallest absolute Gasteiger partial charge is 0.296 e. The fourth-order valence-corrected chi connectivity index (χ4v) is 6.67. The Balaban J connectivity index is 1.37. The number of hydrogen-bond acceptors (Lipinski definition) is 9. The number of carbonyl (C=O) groups is 2. The Hall–Kier alpha value is -4.00. The second kappa shape index (κ2) is 11.1. The maximum absolute atomic E-state index is 14.1. The summed E-state index contributed by atoms with van der Waals surface area (Å²) in [6, 6.07) is 19.3. The van der Waals surface area contributed by atoms with Crippen LogP contribution in [0.5, 0.6) is 5.75 Å². The van der Waals surface area contributed by atoms with Gasteiger partial charge in [-0.1, -0.05) is 81.5 Å². The number of thioether (sulfide) groups is 1. The topological polar surface area (TPSA) is 106 Å². The van der Waals surface area contributed by atoms with Crippen LogP contribution in [0.2, 0.25) is 0 Å². The Labute approximate surface area is 249 Å². The van der Waals surface area contributed by atoms with Gasteiger partial charge >= 0.3 is 0 Å². The summed E-state index contributed by atoms with van der Waals surface area (Å²) in [4.78, 5) is 28.6. The molecule has 8 nitrogen and oxygen atoms in total. The lowest BCUT2D eigenvalue weighted by atomic mass is 9.95. The summed E-state index contributed by atoms with van der Waals surface area (Å²) in [5.41, 5.74) is 1.30. The lowest BCUT2D eigenvalue weighted by Crippen LogP contribution is -2.31. The number of halogens is 2. The third-order valence-electron chi connectivity index (χ3n) is 6.50. The van der Waals surface area contributed by atoms with E-state index < -0.39 is 23.5 Å². The molecule has 1 aliphatic heterocycles. The van der Waals surface area contributed by atoms with Crippen molar-refractivity contribution in [1.82, 2.24) is 10.2 Å². The van der Waals surface area contributed by atoms with E-state index in [1.54, 1.807) is 66.7 Å². The molecule has 3 heterocycles. The number of rotatable bonds is 8. The molecule has 0 saturated heterocycles. The second-order valence-corrected chi connectivity index (χ2v) is 12.0. The summed E-state index contributed by atoms with van der Waals surface area (Å²) >= 11 is 5.79. The number of aliphatic hydroxyl groups is 1. The number of aliphatic hydroxyl groups excluding tert-OH is 1. The molecule has 2 aromatic heterocycles. The summed E-state index contributed by atoms with van der Waals surface area (Å²) in [5, 5.41) is 20.3. The Bertz CT molecular complexity index is 1840. The second-order valence-electron chi connectivity index (χ2n) is 8.94. The van der Waals surface area contributed by atoms with Gasteiger partial charge in [0, 0.05) is 15.6 Å². The van der Waals surface area contributed by atoms with Gasteiger partial charge in [-0.3, -0.25) is 14.5 Å². The number of ether oxygens (including phenoxy) is 1. The van der Waals surface area contributed by atoms with Crippen molar-refractivity contribution < 1.29 is 28.2 Å². The number of furan rings is 1. The average Bonchev–Trinajstić information content (AvgIpc) is 3.69. The first-order chi connectivity index (χ1) is 19.9. The number of fused-ring (bicyclic) bond motifs is 1. The van der Waals surface area contributed by atoms with E-state index in [1.165, 1.54) is 29.8 Å². The third-order valence-corrected chi connectivity index (χ3v) is 9.13. The van der Waals surface area contributed by atoms with E-state index in [2.05, 4.69) is 26.1 Å². The molecule has 0 aliphatic carbocycles. The fourth-order valence-electron chi connectivity index (χ4n) is 4.55. The number of Topliss-reactive ketones (excluding diaryl/α,β-unsaturated/α-hetero) is 1. The first-order valence-electron chi connectivity index (χ1n) is 12.2. The van der Waals surface area contributed by atoms with Crippen molar-refractivity contribution in [3.05, 3.63) is 111 Å². The molecular formula is C29H19BrFN3O5S2. The number of carbonyl (C=O) groups excluding carboxylic acids is 2. The van der Waals surface area contributed by atoms with Gasteiger partial charge in [0.05, 0.1) is 18.7 Å². The molecule has 1 unspecified atom stereocenters. The van der Waals surface area contributed by atoms with Gasteiger partial charge in [-0.15, -0.1) is 10.2 Å². The van der Waals surface area contributed by atoms with Crippen LogP contribution >= 0.6 is 39.0 Å². The number of nitrogens with zero attached hydrogens (tertiary/aromatic N) is 3. The number of aromatic nitrogens is 2. The normalized spacial score (nSPS) is 15.2. The van der Waals surface area contributed by atoms with E-state index in [0.717, 1.165) is 15.8 Å². The molecule has 3 aromatic carbocycles. The lowest BCUT2D eigenvalue weighted by Gasteiger charge is -2.23. The fraction of sp³-hybridized carbons (Fsp3) is 0.103. The van der Waals surface area contributed by atoms with Gasteiger partial charge in [0.1, 0.15) is 5.82 Å². The lowest BCUT2D eigenvalue weighted by molar-refractivity contribution is -0.117. The number of ketones is 1. The van der Waals surface area contributed by atoms with Crippen molar-refractivity contribution in [1.29, 1.82) is 0 Å². The monoisotopic (exact) mass is 651 g/mol. The predicted molar refractivity (Wildman–Crippen MR) is 157 cm³/mol. The van der Waals surface area contributed by atoms with Crippen LogP contribution in [-0.2, 0) is 10.5 Å². The van der Waals surface area contributed by atoms with E-state index in [1.807, 2.05) is 0 Å². The maximum Gasteiger partial charge on any atom is 0.296 e. The minimum absolute atomic E-state index is 0.0544. The SMILES string of the molecule is COc1cccc2cc(C(=O)C3=C(O)C(=O)N(c4nnc(SCc5ccccc5F)s4)C3c3ccc(Br)cc3)oc12. The molecule has 5 aromatic rings. The highest BCUT2D eigenvalue weighted by Crippen LogP contribution is 2.44. The van der Waals surface area contributed by atoms with Crippen LogP contribution in [0.4, 0.5) is 9.52 Å². The zero-order chi connectivity index (χ0) is 28.7. The van der Waals surface area contributed by atoms with Gasteiger partial charge in [0.25, 0.3) is 5.91 Å². The van der Waals surface area contributed by atoms with Gasteiger partial charge in [-0.05, 0) is 41.5 Å². The highest BCUT2D eigenvalue weighted by Gasteiger charge is 2.46. The van der Waals surface area contributed by atoms with Crippen molar-refractivity contribution in [2.24, 2.45) is 0 Å². The van der Waals surface area contributed by atoms with E-state index >= 15 is 0 Å². The zero-order valence-electron chi connectivity index (χ0n) is 21.2. The molecule has 206 valence electrons. The number of hydrogen-bond donors (Lipinski definition) is 1. The number of anilines is 1. The molecule has 0 spiro atoms. The first-order valence-corrected chi connectivity index (χ1v) is 14.8. The molecule has 0 fully saturated rings. The minimum atomic E-state index is -1.00. The van der Waals surface area contributed by atoms with Gasteiger partial charge in [0.15, 0.2) is 27.2 Å². The molecule has 1 atom stereocenters. The Morgan fingerprint density at radius 3 is 2.68 bits per heavy atom. The van der Waals surface area contributed by atoms with Gasteiger partial charge in [0.2, 0.25) is 10.9 Å². The molecule has 1 N–H and O–H groups in total. The van der Waals surface area contributed by atoms with E-state index in [-0.39, 0.29) is 22.3 Å². The van der Waals surface area contributed by atoms with Crippen molar-refractivity contribution in [2.45, 2.75) is 16.1 Å². The molecule has 1 amide bonds. The average molecular weight is 653 g/mol. The molecule has 41 heavy (non-hydrogen) atoms. The quantitative estimate of drug-likeness (QED) is 0.106. The number of benzene rings is 3. The molecule has 1 aliphatic rings. The van der Waals surface area contributed by atoms with Crippen LogP contribution in [0.15, 0.2) is 97.4 Å². The van der Waals surface area contributed by atoms with Gasteiger partial charge < -0.3 is 14.3 Å². The minimum Gasteiger partial charge on any atom is -0.503 e. The maximum atomic E-state index is 14.1. The highest BCUT2D eigenvalue weighted by atomic mass is 79.9. The first kappa shape index (κ1) is 27.2. The van der Waals surface area contributed by atoms with Crippen LogP contribution in [-0.4, -0.2) is 34.1 Å². The van der Waals surface area contributed by atoms with Crippen LogP contribution in [0.1, 0.15) is 27.7 Å². The summed E-state index contributed by atoms with van der Waals surface area (Å²) in [5.74, 6) is -1.76. The molecular weight excluding hydrogens is 633 g/mol. The predicted octanol–water partition coefficient (Wildman–Crippen LogP) is 7.27.